The molecule has 2 amide bonds. The van der Waals surface area contributed by atoms with E-state index in [4.69, 9.17) is 0 Å². The minimum atomic E-state index is -4.55. The zero-order valence-corrected chi connectivity index (χ0v) is 22.0. The first-order valence-electron chi connectivity index (χ1n) is 12.5. The Morgan fingerprint density at radius 1 is 0.590 bits per heavy atom. The van der Waals surface area contributed by atoms with Crippen LogP contribution >= 0.6 is 0 Å². The Kier molecular flexibility index (Phi) is 10.0. The Morgan fingerprint density at radius 3 is 1.44 bits per heavy atom. The first-order valence-corrected chi connectivity index (χ1v) is 12.5. The summed E-state index contributed by atoms with van der Waals surface area (Å²) in [6, 6.07) is 31.0. The molecule has 39 heavy (non-hydrogen) atoms. The average Bonchev–Trinajstić information content (AvgIpc) is 2.94. The topological polar surface area (TPSA) is 58.2 Å². The lowest BCUT2D eigenvalue weighted by molar-refractivity contribution is -0.137. The molecular weight excluding hydrogens is 501 g/mol. The zero-order valence-electron chi connectivity index (χ0n) is 22.0. The summed E-state index contributed by atoms with van der Waals surface area (Å²) in [4.78, 5) is 24.2. The number of hydrogen-bond acceptors (Lipinski definition) is 2. The Hall–Kier alpha value is -4.39. The highest BCUT2D eigenvalue weighted by Gasteiger charge is 2.35. The van der Waals surface area contributed by atoms with E-state index in [0.29, 0.717) is 0 Å². The summed E-state index contributed by atoms with van der Waals surface area (Å²) >= 11 is 0. The molecule has 0 aliphatic rings. The molecule has 0 saturated heterocycles. The number of aryl methyl sites for hydroxylation is 1. The van der Waals surface area contributed by atoms with E-state index in [9.17, 15) is 22.8 Å². The van der Waals surface area contributed by atoms with Crippen molar-refractivity contribution in [2.75, 3.05) is 0 Å². The number of nitrogens with one attached hydrogen (secondary N) is 2. The molecule has 0 unspecified atom stereocenters. The summed E-state index contributed by atoms with van der Waals surface area (Å²) < 4.78 is 38.7. The molecule has 202 valence electrons. The molecule has 0 bridgehead atoms. The lowest BCUT2D eigenvalue weighted by atomic mass is 10.0. The molecule has 0 fully saturated rings. The second-order valence-electron chi connectivity index (χ2n) is 9.07. The number of halogens is 3. The lowest BCUT2D eigenvalue weighted by Crippen LogP contribution is -2.28. The van der Waals surface area contributed by atoms with Crippen molar-refractivity contribution in [3.05, 3.63) is 143 Å². The number of amides is 2. The summed E-state index contributed by atoms with van der Waals surface area (Å²) in [5.41, 5.74) is 2.38. The number of benzene rings is 4. The number of carbonyl (C=O) groups excluding carboxylic acids is 2. The standard InChI is InChI=1S/C16H14F3NO.C16H17NO/c1-11(12-7-3-2-4-8-12)20-15(21)13-9-5-6-10-14(13)16(17,18)19;1-12-8-6-7-11-15(12)16(18)17-13(2)14-9-4-3-5-10-14/h2-11H,1H3,(H,20,21);3-11,13H,1-2H3,(H,17,18)/t11-;13-/m01/s1. The molecule has 0 saturated carbocycles. The molecule has 0 aromatic heterocycles. The van der Waals surface area contributed by atoms with Crippen molar-refractivity contribution < 1.29 is 22.8 Å². The second-order valence-corrected chi connectivity index (χ2v) is 9.07. The van der Waals surface area contributed by atoms with Crippen molar-refractivity contribution in [2.45, 2.75) is 39.0 Å². The summed E-state index contributed by atoms with van der Waals surface area (Å²) in [6.07, 6.45) is -4.55. The van der Waals surface area contributed by atoms with Gasteiger partial charge in [0.15, 0.2) is 0 Å². The molecule has 4 aromatic carbocycles. The van der Waals surface area contributed by atoms with Crippen molar-refractivity contribution in [3.63, 3.8) is 0 Å². The Labute approximate surface area is 226 Å². The number of alkyl halides is 3. The van der Waals surface area contributed by atoms with Crippen LogP contribution in [0.15, 0.2) is 109 Å². The van der Waals surface area contributed by atoms with Crippen LogP contribution in [0.1, 0.15) is 68.9 Å². The van der Waals surface area contributed by atoms with Crippen LogP contribution in [-0.2, 0) is 6.18 Å². The van der Waals surface area contributed by atoms with Gasteiger partial charge in [0.05, 0.1) is 23.2 Å². The maximum absolute atomic E-state index is 12.9. The van der Waals surface area contributed by atoms with E-state index < -0.39 is 17.6 Å². The lowest BCUT2D eigenvalue weighted by Gasteiger charge is -2.17. The third-order valence-corrected chi connectivity index (χ3v) is 6.16. The van der Waals surface area contributed by atoms with Gasteiger partial charge in [-0.25, -0.2) is 0 Å². The quantitative estimate of drug-likeness (QED) is 0.268. The van der Waals surface area contributed by atoms with Crippen LogP contribution in [0.3, 0.4) is 0 Å². The van der Waals surface area contributed by atoms with E-state index in [1.165, 1.54) is 18.2 Å². The Balaban J connectivity index is 0.000000218. The van der Waals surface area contributed by atoms with Gasteiger partial charge in [0.25, 0.3) is 11.8 Å². The molecule has 4 rings (SSSR count). The Bertz CT molecular complexity index is 1370. The Morgan fingerprint density at radius 2 is 0.974 bits per heavy atom. The maximum atomic E-state index is 12.9. The molecule has 2 atom stereocenters. The number of rotatable bonds is 6. The monoisotopic (exact) mass is 532 g/mol. The molecule has 4 nitrogen and oxygen atoms in total. The fourth-order valence-electron chi connectivity index (χ4n) is 3.95. The van der Waals surface area contributed by atoms with Gasteiger partial charge in [-0.1, -0.05) is 91.0 Å². The third kappa shape index (κ3) is 8.30. The molecule has 0 heterocycles. The highest BCUT2D eigenvalue weighted by Crippen LogP contribution is 2.32. The van der Waals surface area contributed by atoms with Gasteiger partial charge >= 0.3 is 6.18 Å². The first kappa shape index (κ1) is 29.2. The van der Waals surface area contributed by atoms with Crippen molar-refractivity contribution in [2.24, 2.45) is 0 Å². The van der Waals surface area contributed by atoms with Crippen molar-refractivity contribution in [1.29, 1.82) is 0 Å². The largest absolute Gasteiger partial charge is 0.417 e. The fourth-order valence-corrected chi connectivity index (χ4v) is 3.95. The van der Waals surface area contributed by atoms with E-state index in [2.05, 4.69) is 10.6 Å². The number of hydrogen-bond donors (Lipinski definition) is 2. The minimum Gasteiger partial charge on any atom is -0.346 e. The molecule has 7 heteroatoms. The highest BCUT2D eigenvalue weighted by atomic mass is 19.4. The van der Waals surface area contributed by atoms with Gasteiger partial charge in [0.2, 0.25) is 0 Å². The van der Waals surface area contributed by atoms with E-state index in [-0.39, 0.29) is 23.6 Å². The van der Waals surface area contributed by atoms with Gasteiger partial charge in [-0.2, -0.15) is 13.2 Å². The van der Waals surface area contributed by atoms with Gasteiger partial charge in [-0.3, -0.25) is 9.59 Å². The molecule has 0 radical (unpaired) electrons. The SMILES string of the molecule is C[C@H](NC(=O)c1ccccc1C(F)(F)F)c1ccccc1.Cc1ccccc1C(=O)N[C@H](C)c1ccccc1. The molecule has 2 N–H and O–H groups in total. The molecule has 0 spiro atoms. The van der Waals surface area contributed by atoms with E-state index >= 15 is 0 Å². The summed E-state index contributed by atoms with van der Waals surface area (Å²) in [5, 5.41) is 5.60. The van der Waals surface area contributed by atoms with Gasteiger partial charge in [0, 0.05) is 5.56 Å². The summed E-state index contributed by atoms with van der Waals surface area (Å²) in [7, 11) is 0. The zero-order chi connectivity index (χ0) is 28.4. The molecule has 4 aromatic rings. The van der Waals surface area contributed by atoms with Crippen molar-refractivity contribution >= 4 is 11.8 Å². The fraction of sp³-hybridized carbons (Fsp3) is 0.188. The van der Waals surface area contributed by atoms with E-state index in [1.807, 2.05) is 86.6 Å². The van der Waals surface area contributed by atoms with Gasteiger partial charge in [-0.05, 0) is 55.7 Å². The van der Waals surface area contributed by atoms with Crippen LogP contribution in [0.4, 0.5) is 13.2 Å². The van der Waals surface area contributed by atoms with E-state index in [0.717, 1.165) is 28.3 Å². The first-order chi connectivity index (χ1) is 18.6. The van der Waals surface area contributed by atoms with Gasteiger partial charge in [-0.15, -0.1) is 0 Å². The van der Waals surface area contributed by atoms with Crippen LogP contribution in [0, 0.1) is 6.92 Å². The summed E-state index contributed by atoms with van der Waals surface area (Å²) in [6.45, 7) is 5.66. The van der Waals surface area contributed by atoms with Gasteiger partial charge in [0.1, 0.15) is 0 Å². The molecule has 0 aliphatic carbocycles. The molecular formula is C32H31F3N2O2. The van der Waals surface area contributed by atoms with Gasteiger partial charge < -0.3 is 10.6 Å². The predicted octanol–water partition coefficient (Wildman–Crippen LogP) is 7.68. The van der Waals surface area contributed by atoms with Crippen LogP contribution in [0.5, 0.6) is 0 Å². The average molecular weight is 533 g/mol. The van der Waals surface area contributed by atoms with Crippen LogP contribution in [0.2, 0.25) is 0 Å². The minimum absolute atomic E-state index is 0.0123. The smallest absolute Gasteiger partial charge is 0.346 e. The third-order valence-electron chi connectivity index (χ3n) is 6.16. The summed E-state index contributed by atoms with van der Waals surface area (Å²) in [5.74, 6) is -0.760. The molecule has 0 aliphatic heterocycles. The van der Waals surface area contributed by atoms with Crippen LogP contribution in [-0.4, -0.2) is 11.8 Å². The number of carbonyl (C=O) groups is 2. The van der Waals surface area contributed by atoms with Crippen LogP contribution < -0.4 is 10.6 Å². The normalized spacial score (nSPS) is 12.4. The second kappa shape index (κ2) is 13.4. The van der Waals surface area contributed by atoms with Crippen molar-refractivity contribution in [3.8, 4) is 0 Å². The van der Waals surface area contributed by atoms with Crippen LogP contribution in [0.25, 0.3) is 0 Å². The predicted molar refractivity (Wildman–Crippen MR) is 147 cm³/mol. The highest BCUT2D eigenvalue weighted by molar-refractivity contribution is 5.96. The maximum Gasteiger partial charge on any atom is 0.417 e. The van der Waals surface area contributed by atoms with Crippen molar-refractivity contribution in [1.82, 2.24) is 10.6 Å². The van der Waals surface area contributed by atoms with E-state index in [1.54, 1.807) is 19.1 Å².